The molecule has 0 amide bonds. The van der Waals surface area contributed by atoms with Gasteiger partial charge in [0.15, 0.2) is 0 Å². The molecule has 3 aromatic rings. The van der Waals surface area contributed by atoms with Crippen LogP contribution in [0.3, 0.4) is 0 Å². The first-order chi connectivity index (χ1) is 12.7. The number of piperidine rings is 1. The Morgan fingerprint density at radius 3 is 2.88 bits per heavy atom. The number of imidazole rings is 1. The first-order valence-corrected chi connectivity index (χ1v) is 8.67. The van der Waals surface area contributed by atoms with Gasteiger partial charge in [-0.05, 0) is 25.0 Å². The zero-order valence-corrected chi connectivity index (χ0v) is 14.6. The van der Waals surface area contributed by atoms with Gasteiger partial charge in [-0.15, -0.1) is 0 Å². The van der Waals surface area contributed by atoms with Crippen LogP contribution in [0.1, 0.15) is 18.5 Å². The third-order valence-corrected chi connectivity index (χ3v) is 4.64. The molecule has 0 atom stereocenters. The van der Waals surface area contributed by atoms with Gasteiger partial charge in [0.1, 0.15) is 23.6 Å². The highest BCUT2D eigenvalue weighted by molar-refractivity contribution is 5.40. The fourth-order valence-corrected chi connectivity index (χ4v) is 3.30. The summed E-state index contributed by atoms with van der Waals surface area (Å²) in [4.78, 5) is 15.2. The number of methoxy groups -OCH3 is 1. The van der Waals surface area contributed by atoms with Crippen molar-refractivity contribution in [2.24, 2.45) is 0 Å². The number of halogens is 1. The summed E-state index contributed by atoms with van der Waals surface area (Å²) in [6, 6.07) is 5.32. The summed E-state index contributed by atoms with van der Waals surface area (Å²) in [5.74, 6) is 1.09. The van der Waals surface area contributed by atoms with Gasteiger partial charge in [-0.25, -0.2) is 19.3 Å². The molecule has 0 saturated carbocycles. The Morgan fingerprint density at radius 1 is 1.23 bits per heavy atom. The first kappa shape index (κ1) is 16.7. The molecule has 4 rings (SSSR count). The van der Waals surface area contributed by atoms with Gasteiger partial charge in [0.25, 0.3) is 0 Å². The van der Waals surface area contributed by atoms with Crippen LogP contribution in [0.15, 0.2) is 36.9 Å². The lowest BCUT2D eigenvalue weighted by Crippen LogP contribution is -2.38. The van der Waals surface area contributed by atoms with Gasteiger partial charge in [-0.2, -0.15) is 0 Å². The summed E-state index contributed by atoms with van der Waals surface area (Å²) < 4.78 is 20.2. The van der Waals surface area contributed by atoms with E-state index in [0.717, 1.165) is 49.6 Å². The zero-order valence-electron chi connectivity index (χ0n) is 14.6. The molecule has 7 nitrogen and oxygen atoms in total. The normalized spacial score (nSPS) is 16.1. The van der Waals surface area contributed by atoms with Crippen molar-refractivity contribution < 1.29 is 9.13 Å². The van der Waals surface area contributed by atoms with Crippen molar-refractivity contribution in [1.29, 1.82) is 0 Å². The lowest BCUT2D eigenvalue weighted by molar-refractivity contribution is 0.209. The Labute approximate surface area is 150 Å². The van der Waals surface area contributed by atoms with Crippen LogP contribution in [0.25, 0.3) is 5.65 Å². The van der Waals surface area contributed by atoms with Crippen molar-refractivity contribution in [1.82, 2.24) is 24.3 Å². The van der Waals surface area contributed by atoms with E-state index in [2.05, 4.69) is 25.2 Å². The van der Waals surface area contributed by atoms with Crippen LogP contribution in [0.4, 0.5) is 10.2 Å². The minimum atomic E-state index is -0.255. The molecule has 1 aliphatic heterocycles. The van der Waals surface area contributed by atoms with Gasteiger partial charge in [0.05, 0.1) is 12.8 Å². The Bertz CT molecular complexity index is 890. The van der Waals surface area contributed by atoms with E-state index in [4.69, 9.17) is 4.74 Å². The van der Waals surface area contributed by atoms with Gasteiger partial charge in [-0.3, -0.25) is 4.90 Å². The minimum absolute atomic E-state index is 0.255. The van der Waals surface area contributed by atoms with Gasteiger partial charge < -0.3 is 14.5 Å². The quantitative estimate of drug-likeness (QED) is 0.757. The fourth-order valence-electron chi connectivity index (χ4n) is 3.30. The van der Waals surface area contributed by atoms with E-state index in [9.17, 15) is 4.39 Å². The number of hydrogen-bond acceptors (Lipinski definition) is 6. The van der Waals surface area contributed by atoms with Crippen molar-refractivity contribution in [2.45, 2.75) is 25.4 Å². The number of anilines is 1. The predicted molar refractivity (Wildman–Crippen MR) is 95.7 cm³/mol. The summed E-state index contributed by atoms with van der Waals surface area (Å²) in [5.41, 5.74) is 1.73. The molecule has 0 spiro atoms. The van der Waals surface area contributed by atoms with Gasteiger partial charge >= 0.3 is 0 Å². The summed E-state index contributed by atoms with van der Waals surface area (Å²) >= 11 is 0. The maximum Gasteiger partial charge on any atom is 0.218 e. The second-order valence-electron chi connectivity index (χ2n) is 6.49. The van der Waals surface area contributed by atoms with Gasteiger partial charge in [-0.1, -0.05) is 0 Å². The molecule has 8 heteroatoms. The largest absolute Gasteiger partial charge is 0.481 e. The van der Waals surface area contributed by atoms with E-state index in [0.29, 0.717) is 11.9 Å². The van der Waals surface area contributed by atoms with Crippen LogP contribution in [-0.4, -0.2) is 50.5 Å². The molecule has 0 bridgehead atoms. The number of nitrogens with zero attached hydrogens (tertiary/aromatic N) is 5. The van der Waals surface area contributed by atoms with E-state index >= 15 is 0 Å². The van der Waals surface area contributed by atoms with E-state index in [1.54, 1.807) is 17.6 Å². The molecule has 0 aliphatic carbocycles. The summed E-state index contributed by atoms with van der Waals surface area (Å²) in [5, 5.41) is 3.45. The maximum atomic E-state index is 13.3. The standard InChI is InChI=1S/C18H21FN6O/c1-26-18-8-16(20-12-21-18)22-14-4-6-24(7-5-14)10-15-11-25-9-13(19)2-3-17(25)23-15/h2-3,8-9,11-12,14H,4-7,10H2,1H3,(H,20,21,22). The van der Waals surface area contributed by atoms with Gasteiger partial charge in [0, 0.05) is 44.1 Å². The Kier molecular flexibility index (Phi) is 4.66. The average Bonchev–Trinajstić information content (AvgIpc) is 3.05. The number of pyridine rings is 1. The molecule has 26 heavy (non-hydrogen) atoms. The summed E-state index contributed by atoms with van der Waals surface area (Å²) in [6.45, 7) is 2.72. The molecule has 1 N–H and O–H groups in total. The van der Waals surface area contributed by atoms with Crippen molar-refractivity contribution >= 4 is 11.5 Å². The van der Waals surface area contributed by atoms with Crippen molar-refractivity contribution in [3.05, 3.63) is 48.4 Å². The number of aromatic nitrogens is 4. The second kappa shape index (κ2) is 7.25. The number of hydrogen-bond donors (Lipinski definition) is 1. The number of nitrogens with one attached hydrogen (secondary N) is 1. The SMILES string of the molecule is COc1cc(NC2CCN(Cc3cn4cc(F)ccc4n3)CC2)ncn1. The van der Waals surface area contributed by atoms with E-state index < -0.39 is 0 Å². The van der Waals surface area contributed by atoms with Crippen molar-refractivity contribution in [3.8, 4) is 5.88 Å². The zero-order chi connectivity index (χ0) is 17.9. The number of fused-ring (bicyclic) bond motifs is 1. The van der Waals surface area contributed by atoms with Crippen LogP contribution < -0.4 is 10.1 Å². The predicted octanol–water partition coefficient (Wildman–Crippen LogP) is 2.35. The molecular formula is C18H21FN6O. The van der Waals surface area contributed by atoms with Crippen LogP contribution in [0.2, 0.25) is 0 Å². The molecule has 1 fully saturated rings. The smallest absolute Gasteiger partial charge is 0.218 e. The fraction of sp³-hybridized carbons (Fsp3) is 0.389. The number of rotatable bonds is 5. The van der Waals surface area contributed by atoms with Crippen molar-refractivity contribution in [2.75, 3.05) is 25.5 Å². The second-order valence-corrected chi connectivity index (χ2v) is 6.49. The molecule has 0 aromatic carbocycles. The molecule has 136 valence electrons. The van der Waals surface area contributed by atoms with Crippen LogP contribution in [-0.2, 0) is 6.54 Å². The topological polar surface area (TPSA) is 67.6 Å². The lowest BCUT2D eigenvalue weighted by Gasteiger charge is -2.32. The highest BCUT2D eigenvalue weighted by atomic mass is 19.1. The Balaban J connectivity index is 1.32. The minimum Gasteiger partial charge on any atom is -0.481 e. The molecule has 1 saturated heterocycles. The Morgan fingerprint density at radius 2 is 2.08 bits per heavy atom. The van der Waals surface area contributed by atoms with Crippen LogP contribution in [0.5, 0.6) is 5.88 Å². The third kappa shape index (κ3) is 3.75. The molecule has 4 heterocycles. The van der Waals surface area contributed by atoms with Crippen molar-refractivity contribution in [3.63, 3.8) is 0 Å². The number of likely N-dealkylation sites (tertiary alicyclic amines) is 1. The van der Waals surface area contributed by atoms with Crippen LogP contribution in [0, 0.1) is 5.82 Å². The molecule has 1 aliphatic rings. The van der Waals surface area contributed by atoms with Crippen LogP contribution >= 0.6 is 0 Å². The first-order valence-electron chi connectivity index (χ1n) is 8.67. The molecule has 0 unspecified atom stereocenters. The molecule has 3 aromatic heterocycles. The summed E-state index contributed by atoms with van der Waals surface area (Å²) in [7, 11) is 1.60. The summed E-state index contributed by atoms with van der Waals surface area (Å²) in [6.07, 6.45) is 6.90. The van der Waals surface area contributed by atoms with Gasteiger partial charge in [0.2, 0.25) is 5.88 Å². The molecular weight excluding hydrogens is 335 g/mol. The van der Waals surface area contributed by atoms with E-state index in [1.165, 1.54) is 18.6 Å². The maximum absolute atomic E-state index is 13.3. The number of ether oxygens (including phenoxy) is 1. The van der Waals surface area contributed by atoms with E-state index in [-0.39, 0.29) is 5.82 Å². The lowest BCUT2D eigenvalue weighted by atomic mass is 10.0. The van der Waals surface area contributed by atoms with E-state index in [1.807, 2.05) is 12.3 Å². The average molecular weight is 356 g/mol. The monoisotopic (exact) mass is 356 g/mol. The highest BCUT2D eigenvalue weighted by Crippen LogP contribution is 2.19. The third-order valence-electron chi connectivity index (χ3n) is 4.64. The Hall–Kier alpha value is -2.74. The molecule has 0 radical (unpaired) electrons. The highest BCUT2D eigenvalue weighted by Gasteiger charge is 2.20.